The summed E-state index contributed by atoms with van der Waals surface area (Å²) in [7, 11) is 0. The number of carbonyl (C=O) groups excluding carboxylic acids is 1. The van der Waals surface area contributed by atoms with Crippen molar-refractivity contribution in [3.63, 3.8) is 0 Å². The first kappa shape index (κ1) is 14.7. The average molecular weight is 308 g/mol. The number of anilines is 1. The van der Waals surface area contributed by atoms with E-state index in [1.165, 1.54) is 6.33 Å². The van der Waals surface area contributed by atoms with Crippen molar-refractivity contribution in [2.24, 2.45) is 0 Å². The Bertz CT molecular complexity index is 755. The van der Waals surface area contributed by atoms with Gasteiger partial charge in [0.05, 0.1) is 11.7 Å². The highest BCUT2D eigenvalue weighted by Crippen LogP contribution is 2.14. The van der Waals surface area contributed by atoms with Crippen molar-refractivity contribution in [1.82, 2.24) is 25.5 Å². The van der Waals surface area contributed by atoms with E-state index in [-0.39, 0.29) is 12.1 Å². The van der Waals surface area contributed by atoms with Crippen LogP contribution in [0.15, 0.2) is 60.9 Å². The lowest BCUT2D eigenvalue weighted by Crippen LogP contribution is -2.31. The number of nitrogens with zero attached hydrogens (tertiary/aromatic N) is 4. The highest BCUT2D eigenvalue weighted by molar-refractivity contribution is 5.89. The van der Waals surface area contributed by atoms with E-state index in [1.807, 2.05) is 49.4 Å². The summed E-state index contributed by atoms with van der Waals surface area (Å²) in [5.41, 5.74) is 2.56. The van der Waals surface area contributed by atoms with Gasteiger partial charge in [0, 0.05) is 5.69 Å². The highest BCUT2D eigenvalue weighted by atomic mass is 16.2. The number of urea groups is 1. The molecule has 3 aromatic rings. The molecule has 0 aliphatic rings. The SMILES string of the molecule is C[C@H](NC(=O)Nc1ccc(-n2cnnn2)cc1)c1ccccc1. The molecular weight excluding hydrogens is 292 g/mol. The standard InChI is InChI=1S/C16H16N6O/c1-12(13-5-3-2-4-6-13)18-16(23)19-14-7-9-15(10-8-14)22-11-17-20-21-22/h2-12H,1H3,(H2,18,19,23)/t12-/m0/s1. The van der Waals surface area contributed by atoms with E-state index in [9.17, 15) is 4.79 Å². The van der Waals surface area contributed by atoms with Gasteiger partial charge >= 0.3 is 6.03 Å². The molecule has 116 valence electrons. The van der Waals surface area contributed by atoms with E-state index in [0.29, 0.717) is 5.69 Å². The van der Waals surface area contributed by atoms with Crippen molar-refractivity contribution in [2.75, 3.05) is 5.32 Å². The van der Waals surface area contributed by atoms with Crippen LogP contribution in [0, 0.1) is 0 Å². The molecule has 2 aromatic carbocycles. The molecule has 0 saturated heterocycles. The minimum atomic E-state index is -0.253. The van der Waals surface area contributed by atoms with Crippen LogP contribution >= 0.6 is 0 Å². The molecule has 2 N–H and O–H groups in total. The Labute approximate surface area is 133 Å². The van der Waals surface area contributed by atoms with Gasteiger partial charge in [0.2, 0.25) is 0 Å². The summed E-state index contributed by atoms with van der Waals surface area (Å²) in [6, 6.07) is 16.7. The van der Waals surface area contributed by atoms with Crippen LogP contribution in [0.4, 0.5) is 10.5 Å². The Morgan fingerprint density at radius 1 is 1.09 bits per heavy atom. The Hall–Kier alpha value is -3.22. The highest BCUT2D eigenvalue weighted by Gasteiger charge is 2.09. The number of hydrogen-bond donors (Lipinski definition) is 2. The van der Waals surface area contributed by atoms with Crippen LogP contribution in [0.1, 0.15) is 18.5 Å². The fraction of sp³-hybridized carbons (Fsp3) is 0.125. The van der Waals surface area contributed by atoms with Crippen molar-refractivity contribution >= 4 is 11.7 Å². The molecule has 7 nitrogen and oxygen atoms in total. The maximum absolute atomic E-state index is 12.1. The molecular formula is C16H16N6O. The smallest absolute Gasteiger partial charge is 0.319 e. The number of rotatable bonds is 4. The molecule has 0 radical (unpaired) electrons. The van der Waals surface area contributed by atoms with Gasteiger partial charge in [-0.2, -0.15) is 0 Å². The number of hydrogen-bond acceptors (Lipinski definition) is 4. The number of aromatic nitrogens is 4. The third-order valence-corrected chi connectivity index (χ3v) is 3.39. The minimum Gasteiger partial charge on any atom is -0.331 e. The molecule has 0 bridgehead atoms. The third kappa shape index (κ3) is 3.70. The van der Waals surface area contributed by atoms with Gasteiger partial charge in [-0.3, -0.25) is 0 Å². The molecule has 1 heterocycles. The van der Waals surface area contributed by atoms with Gasteiger partial charge in [0.15, 0.2) is 0 Å². The molecule has 23 heavy (non-hydrogen) atoms. The monoisotopic (exact) mass is 308 g/mol. The largest absolute Gasteiger partial charge is 0.331 e. The summed E-state index contributed by atoms with van der Waals surface area (Å²) in [6.45, 7) is 1.94. The van der Waals surface area contributed by atoms with Gasteiger partial charge in [-0.25, -0.2) is 9.48 Å². The quantitative estimate of drug-likeness (QED) is 0.775. The van der Waals surface area contributed by atoms with Gasteiger partial charge in [0.1, 0.15) is 6.33 Å². The zero-order valence-electron chi connectivity index (χ0n) is 12.5. The van der Waals surface area contributed by atoms with Gasteiger partial charge in [-0.05, 0) is 47.2 Å². The van der Waals surface area contributed by atoms with Crippen molar-refractivity contribution in [1.29, 1.82) is 0 Å². The van der Waals surface area contributed by atoms with Crippen LogP contribution in [0.25, 0.3) is 5.69 Å². The fourth-order valence-electron chi connectivity index (χ4n) is 2.17. The molecule has 0 unspecified atom stereocenters. The Balaban J connectivity index is 1.60. The maximum Gasteiger partial charge on any atom is 0.319 e. The first-order valence-corrected chi connectivity index (χ1v) is 7.18. The lowest BCUT2D eigenvalue weighted by atomic mass is 10.1. The van der Waals surface area contributed by atoms with E-state index >= 15 is 0 Å². The van der Waals surface area contributed by atoms with Crippen molar-refractivity contribution < 1.29 is 4.79 Å². The molecule has 0 spiro atoms. The topological polar surface area (TPSA) is 84.7 Å². The van der Waals surface area contributed by atoms with Crippen LogP contribution in [-0.2, 0) is 0 Å². The van der Waals surface area contributed by atoms with Crippen LogP contribution in [0.2, 0.25) is 0 Å². The molecule has 3 rings (SSSR count). The Morgan fingerprint density at radius 2 is 1.83 bits per heavy atom. The molecule has 7 heteroatoms. The summed E-state index contributed by atoms with van der Waals surface area (Å²) >= 11 is 0. The number of nitrogens with one attached hydrogen (secondary N) is 2. The lowest BCUT2D eigenvalue weighted by molar-refractivity contribution is 0.249. The van der Waals surface area contributed by atoms with Crippen molar-refractivity contribution in [3.05, 3.63) is 66.5 Å². The molecule has 1 aromatic heterocycles. The van der Waals surface area contributed by atoms with Crippen LogP contribution in [0.3, 0.4) is 0 Å². The predicted molar refractivity (Wildman–Crippen MR) is 86.2 cm³/mol. The summed E-state index contributed by atoms with van der Waals surface area (Å²) in [5.74, 6) is 0. The molecule has 0 aliphatic heterocycles. The number of benzene rings is 2. The zero-order chi connectivity index (χ0) is 16.1. The van der Waals surface area contributed by atoms with Gasteiger partial charge in [-0.1, -0.05) is 30.3 Å². The third-order valence-electron chi connectivity index (χ3n) is 3.39. The van der Waals surface area contributed by atoms with Crippen molar-refractivity contribution in [2.45, 2.75) is 13.0 Å². The molecule has 0 saturated carbocycles. The predicted octanol–water partition coefficient (Wildman–Crippen LogP) is 2.55. The summed E-state index contributed by atoms with van der Waals surface area (Å²) in [5, 5.41) is 16.7. The van der Waals surface area contributed by atoms with Crippen LogP contribution < -0.4 is 10.6 Å². The van der Waals surface area contributed by atoms with Gasteiger partial charge in [0.25, 0.3) is 0 Å². The molecule has 1 atom stereocenters. The minimum absolute atomic E-state index is 0.0725. The number of amides is 2. The Morgan fingerprint density at radius 3 is 2.48 bits per heavy atom. The van der Waals surface area contributed by atoms with E-state index in [4.69, 9.17) is 0 Å². The zero-order valence-corrected chi connectivity index (χ0v) is 12.5. The van der Waals surface area contributed by atoms with E-state index in [1.54, 1.807) is 16.8 Å². The second-order valence-electron chi connectivity index (χ2n) is 5.03. The fourth-order valence-corrected chi connectivity index (χ4v) is 2.17. The first-order chi connectivity index (χ1) is 11.2. The number of tetrazole rings is 1. The second-order valence-corrected chi connectivity index (χ2v) is 5.03. The van der Waals surface area contributed by atoms with Gasteiger partial charge < -0.3 is 10.6 Å². The second kappa shape index (κ2) is 6.69. The van der Waals surface area contributed by atoms with Crippen LogP contribution in [-0.4, -0.2) is 26.2 Å². The molecule has 2 amide bonds. The molecule has 0 aliphatic carbocycles. The Kier molecular flexibility index (Phi) is 4.28. The van der Waals surface area contributed by atoms with E-state index in [0.717, 1.165) is 11.3 Å². The van der Waals surface area contributed by atoms with Crippen LogP contribution in [0.5, 0.6) is 0 Å². The van der Waals surface area contributed by atoms with Gasteiger partial charge in [-0.15, -0.1) is 5.10 Å². The summed E-state index contributed by atoms with van der Waals surface area (Å²) in [4.78, 5) is 12.1. The van der Waals surface area contributed by atoms with E-state index < -0.39 is 0 Å². The molecule has 0 fully saturated rings. The maximum atomic E-state index is 12.1. The summed E-state index contributed by atoms with van der Waals surface area (Å²) in [6.07, 6.45) is 1.51. The lowest BCUT2D eigenvalue weighted by Gasteiger charge is -2.15. The normalized spacial score (nSPS) is 11.7. The van der Waals surface area contributed by atoms with Crippen molar-refractivity contribution in [3.8, 4) is 5.69 Å². The van der Waals surface area contributed by atoms with E-state index in [2.05, 4.69) is 26.2 Å². The average Bonchev–Trinajstić information content (AvgIpc) is 3.11. The first-order valence-electron chi connectivity index (χ1n) is 7.18. The summed E-state index contributed by atoms with van der Waals surface area (Å²) < 4.78 is 1.54. The number of carbonyl (C=O) groups is 1.